The Hall–Kier alpha value is -3.35. The standard InChI is InChI=1S/C27H32N4O3/c1-2-3-7-16-31-24(29-26(30-31)25(32)21-8-5-4-6-9-21)17-19-10-12-20(13-11-19)23-18-28-15-14-22(23)27(33)34/h10-15,18,21H,2-9,16-17H2,1H3,(H,33,34). The van der Waals surface area contributed by atoms with E-state index >= 15 is 0 Å². The van der Waals surface area contributed by atoms with Crippen LogP contribution in [0.25, 0.3) is 11.1 Å². The average molecular weight is 461 g/mol. The molecule has 0 spiro atoms. The lowest BCUT2D eigenvalue weighted by atomic mass is 9.86. The molecule has 0 radical (unpaired) electrons. The largest absolute Gasteiger partial charge is 0.478 e. The number of rotatable bonds is 10. The van der Waals surface area contributed by atoms with Gasteiger partial charge in [0.05, 0.1) is 5.56 Å². The molecule has 1 saturated carbocycles. The molecule has 1 aromatic carbocycles. The van der Waals surface area contributed by atoms with Crippen molar-refractivity contribution >= 4 is 11.8 Å². The van der Waals surface area contributed by atoms with Gasteiger partial charge in [-0.05, 0) is 36.5 Å². The van der Waals surface area contributed by atoms with Gasteiger partial charge in [-0.2, -0.15) is 0 Å². The molecule has 0 atom stereocenters. The highest BCUT2D eigenvalue weighted by atomic mass is 16.4. The molecule has 7 heteroatoms. The third-order valence-electron chi connectivity index (χ3n) is 6.60. The van der Waals surface area contributed by atoms with Crippen LogP contribution in [0.5, 0.6) is 0 Å². The molecular formula is C27H32N4O3. The van der Waals surface area contributed by atoms with Crippen LogP contribution in [0.4, 0.5) is 0 Å². The average Bonchev–Trinajstić information content (AvgIpc) is 3.27. The number of hydrogen-bond acceptors (Lipinski definition) is 5. The normalized spacial score (nSPS) is 14.3. The van der Waals surface area contributed by atoms with E-state index in [0.29, 0.717) is 17.8 Å². The van der Waals surface area contributed by atoms with Crippen LogP contribution in [0.15, 0.2) is 42.7 Å². The Bertz CT molecular complexity index is 1130. The molecule has 0 bridgehead atoms. The first-order valence-corrected chi connectivity index (χ1v) is 12.3. The maximum Gasteiger partial charge on any atom is 0.336 e. The molecule has 0 amide bonds. The van der Waals surface area contributed by atoms with Crippen LogP contribution >= 0.6 is 0 Å². The molecule has 2 heterocycles. The van der Waals surface area contributed by atoms with E-state index in [0.717, 1.165) is 68.4 Å². The summed E-state index contributed by atoms with van der Waals surface area (Å²) in [6.45, 7) is 2.92. The summed E-state index contributed by atoms with van der Waals surface area (Å²) in [5, 5.41) is 14.1. The van der Waals surface area contributed by atoms with Gasteiger partial charge in [0.15, 0.2) is 0 Å². The van der Waals surface area contributed by atoms with Gasteiger partial charge >= 0.3 is 5.97 Å². The minimum absolute atomic E-state index is 0.0512. The second-order valence-electron chi connectivity index (χ2n) is 9.08. The summed E-state index contributed by atoms with van der Waals surface area (Å²) in [6, 6.07) is 9.27. The zero-order valence-corrected chi connectivity index (χ0v) is 19.7. The quantitative estimate of drug-likeness (QED) is 0.313. The summed E-state index contributed by atoms with van der Waals surface area (Å²) in [5.41, 5.74) is 2.64. The number of aromatic carboxylic acids is 1. The first-order valence-electron chi connectivity index (χ1n) is 12.3. The van der Waals surface area contributed by atoms with Crippen molar-refractivity contribution in [2.24, 2.45) is 5.92 Å². The van der Waals surface area contributed by atoms with E-state index < -0.39 is 5.97 Å². The van der Waals surface area contributed by atoms with Crippen molar-refractivity contribution in [2.45, 2.75) is 71.3 Å². The predicted molar refractivity (Wildman–Crippen MR) is 130 cm³/mol. The van der Waals surface area contributed by atoms with Gasteiger partial charge in [-0.1, -0.05) is 63.3 Å². The van der Waals surface area contributed by atoms with E-state index in [-0.39, 0.29) is 17.3 Å². The number of carboxylic acid groups (broad SMARTS) is 1. The lowest BCUT2D eigenvalue weighted by Crippen LogP contribution is -2.19. The third-order valence-corrected chi connectivity index (χ3v) is 6.60. The van der Waals surface area contributed by atoms with E-state index in [1.165, 1.54) is 18.7 Å². The van der Waals surface area contributed by atoms with Crippen molar-refractivity contribution in [1.29, 1.82) is 0 Å². The predicted octanol–water partition coefficient (Wildman–Crippen LogP) is 5.58. The molecule has 2 aromatic heterocycles. The van der Waals surface area contributed by atoms with Crippen LogP contribution in [0.3, 0.4) is 0 Å². The highest BCUT2D eigenvalue weighted by Crippen LogP contribution is 2.27. The summed E-state index contributed by atoms with van der Waals surface area (Å²) in [6.07, 6.45) is 12.1. The third kappa shape index (κ3) is 5.58. The first kappa shape index (κ1) is 23.8. The number of ketones is 1. The smallest absolute Gasteiger partial charge is 0.336 e. The van der Waals surface area contributed by atoms with Crippen LogP contribution in [0, 0.1) is 5.92 Å². The Kier molecular flexibility index (Phi) is 7.83. The Morgan fingerprint density at radius 2 is 1.82 bits per heavy atom. The number of nitrogens with zero attached hydrogens (tertiary/aromatic N) is 4. The zero-order valence-electron chi connectivity index (χ0n) is 19.7. The first-order chi connectivity index (χ1) is 16.6. The van der Waals surface area contributed by atoms with Gasteiger partial charge < -0.3 is 5.11 Å². The van der Waals surface area contributed by atoms with E-state index in [4.69, 9.17) is 4.98 Å². The van der Waals surface area contributed by atoms with Crippen molar-refractivity contribution in [3.63, 3.8) is 0 Å². The van der Waals surface area contributed by atoms with Gasteiger partial charge in [0, 0.05) is 36.8 Å². The van der Waals surface area contributed by atoms with Crippen LogP contribution in [0.1, 0.15) is 90.7 Å². The van der Waals surface area contributed by atoms with Crippen LogP contribution in [0.2, 0.25) is 0 Å². The fourth-order valence-electron chi connectivity index (χ4n) is 4.64. The van der Waals surface area contributed by atoms with Gasteiger partial charge in [0.2, 0.25) is 11.6 Å². The number of unbranched alkanes of at least 4 members (excludes halogenated alkanes) is 2. The molecule has 1 aliphatic rings. The summed E-state index contributed by atoms with van der Waals surface area (Å²) in [5.74, 6) is 0.322. The van der Waals surface area contributed by atoms with Gasteiger partial charge in [0.1, 0.15) is 5.82 Å². The maximum atomic E-state index is 13.0. The molecule has 1 aliphatic carbocycles. The molecule has 7 nitrogen and oxygen atoms in total. The number of carboxylic acids is 1. The number of aromatic nitrogens is 4. The second kappa shape index (κ2) is 11.2. The Labute approximate surface area is 200 Å². The van der Waals surface area contributed by atoms with Gasteiger partial charge in [-0.3, -0.25) is 9.78 Å². The molecule has 1 N–H and O–H groups in total. The number of benzene rings is 1. The zero-order chi connectivity index (χ0) is 23.9. The second-order valence-corrected chi connectivity index (χ2v) is 9.08. The fourth-order valence-corrected chi connectivity index (χ4v) is 4.64. The molecule has 34 heavy (non-hydrogen) atoms. The van der Waals surface area contributed by atoms with Crippen molar-refractivity contribution in [3.05, 3.63) is 65.5 Å². The van der Waals surface area contributed by atoms with E-state index in [1.54, 1.807) is 6.20 Å². The highest BCUT2D eigenvalue weighted by Gasteiger charge is 2.26. The van der Waals surface area contributed by atoms with E-state index in [9.17, 15) is 14.7 Å². The van der Waals surface area contributed by atoms with Gasteiger partial charge in [-0.15, -0.1) is 5.10 Å². The Morgan fingerprint density at radius 3 is 2.53 bits per heavy atom. The van der Waals surface area contributed by atoms with Crippen molar-refractivity contribution in [2.75, 3.05) is 0 Å². The molecule has 0 saturated heterocycles. The number of pyridine rings is 1. The number of aryl methyl sites for hydroxylation is 1. The van der Waals surface area contributed by atoms with Crippen molar-refractivity contribution in [3.8, 4) is 11.1 Å². The van der Waals surface area contributed by atoms with Crippen LogP contribution < -0.4 is 0 Å². The summed E-state index contributed by atoms with van der Waals surface area (Å²) in [4.78, 5) is 33.4. The number of Topliss-reactive ketones (excluding diaryl/α,β-unsaturated/α-hetero) is 1. The van der Waals surface area contributed by atoms with Crippen LogP contribution in [-0.2, 0) is 13.0 Å². The Balaban J connectivity index is 1.55. The minimum Gasteiger partial charge on any atom is -0.478 e. The monoisotopic (exact) mass is 460 g/mol. The van der Waals surface area contributed by atoms with Gasteiger partial charge in [-0.25, -0.2) is 14.5 Å². The van der Waals surface area contributed by atoms with Gasteiger partial charge in [0.25, 0.3) is 0 Å². The van der Waals surface area contributed by atoms with E-state index in [1.807, 2.05) is 28.9 Å². The fraction of sp³-hybridized carbons (Fsp3) is 0.444. The summed E-state index contributed by atoms with van der Waals surface area (Å²) in [7, 11) is 0. The highest BCUT2D eigenvalue weighted by molar-refractivity contribution is 5.95. The molecule has 3 aromatic rings. The number of carbonyl (C=O) groups is 2. The van der Waals surface area contributed by atoms with Crippen LogP contribution in [-0.4, -0.2) is 36.6 Å². The van der Waals surface area contributed by atoms with E-state index in [2.05, 4.69) is 17.0 Å². The maximum absolute atomic E-state index is 13.0. The van der Waals surface area contributed by atoms with Crippen molar-refractivity contribution < 1.29 is 14.7 Å². The number of carbonyl (C=O) groups excluding carboxylic acids is 1. The molecule has 1 fully saturated rings. The minimum atomic E-state index is -0.975. The number of hydrogen-bond donors (Lipinski definition) is 1. The lowest BCUT2D eigenvalue weighted by molar-refractivity contribution is 0.0697. The lowest BCUT2D eigenvalue weighted by Gasteiger charge is -2.18. The summed E-state index contributed by atoms with van der Waals surface area (Å²) < 4.78 is 1.91. The SMILES string of the molecule is CCCCCn1nc(C(=O)C2CCCCC2)nc1Cc1ccc(-c2cnccc2C(=O)O)cc1. The molecular weight excluding hydrogens is 428 g/mol. The summed E-state index contributed by atoms with van der Waals surface area (Å²) >= 11 is 0. The Morgan fingerprint density at radius 1 is 1.06 bits per heavy atom. The van der Waals surface area contributed by atoms with Crippen molar-refractivity contribution in [1.82, 2.24) is 19.7 Å². The molecule has 4 rings (SSSR count). The molecule has 0 unspecified atom stereocenters. The molecule has 178 valence electrons. The topological polar surface area (TPSA) is 98.0 Å². The molecule has 0 aliphatic heterocycles.